The molecule has 1 heterocycles. The molecule has 0 spiro atoms. The topological polar surface area (TPSA) is 108 Å². The predicted molar refractivity (Wildman–Crippen MR) is 63.7 cm³/mol. The minimum atomic E-state index is -0.487. The number of aromatic amines is 1. The van der Waals surface area contributed by atoms with Crippen LogP contribution in [0.1, 0.15) is 10.8 Å². The molecule has 8 heteroatoms. The van der Waals surface area contributed by atoms with Crippen LogP contribution in [-0.4, -0.2) is 20.1 Å². The number of nitrogens with zero attached hydrogens (tertiary/aromatic N) is 4. The fourth-order valence-electron chi connectivity index (χ4n) is 1.30. The number of thioether (sulfide) groups is 1. The number of nitrogens with one attached hydrogen (secondary N) is 1. The van der Waals surface area contributed by atoms with E-state index in [0.717, 1.165) is 0 Å². The van der Waals surface area contributed by atoms with Crippen LogP contribution in [0.15, 0.2) is 35.7 Å². The molecule has 0 radical (unpaired) electrons. The fourth-order valence-corrected chi connectivity index (χ4v) is 2.09. The van der Waals surface area contributed by atoms with Crippen molar-refractivity contribution >= 4 is 17.4 Å². The number of nitro groups is 1. The van der Waals surface area contributed by atoms with E-state index in [-0.39, 0.29) is 5.69 Å². The lowest BCUT2D eigenvalue weighted by atomic mass is 10.1. The summed E-state index contributed by atoms with van der Waals surface area (Å²) in [7, 11) is 0. The number of hydrogen-bond acceptors (Lipinski definition) is 6. The third-order valence-corrected chi connectivity index (χ3v) is 3.18. The highest BCUT2D eigenvalue weighted by atomic mass is 32.2. The Morgan fingerprint density at radius 2 is 2.17 bits per heavy atom. The van der Waals surface area contributed by atoms with Gasteiger partial charge < -0.3 is 0 Å². The Hall–Kier alpha value is -2.40. The molecule has 0 bridgehead atoms. The number of nitriles is 1. The molecule has 0 saturated heterocycles. The first-order valence-electron chi connectivity index (χ1n) is 4.86. The molecule has 0 saturated carbocycles. The molecule has 90 valence electrons. The summed E-state index contributed by atoms with van der Waals surface area (Å²) in [6.07, 6.45) is 1.35. The van der Waals surface area contributed by atoms with Gasteiger partial charge in [-0.2, -0.15) is 10.4 Å². The second kappa shape index (κ2) is 5.29. The summed E-state index contributed by atoms with van der Waals surface area (Å²) in [6, 6.07) is 7.99. The van der Waals surface area contributed by atoms with Crippen LogP contribution in [-0.2, 0) is 0 Å². The highest BCUT2D eigenvalue weighted by Gasteiger charge is 2.15. The molecule has 0 aliphatic heterocycles. The van der Waals surface area contributed by atoms with Gasteiger partial charge in [-0.05, 0) is 5.56 Å². The van der Waals surface area contributed by atoms with Crippen LogP contribution in [0.25, 0.3) is 0 Å². The Balaban J connectivity index is 2.18. The summed E-state index contributed by atoms with van der Waals surface area (Å²) in [4.78, 5) is 14.0. The van der Waals surface area contributed by atoms with Crippen molar-refractivity contribution in [1.82, 2.24) is 15.2 Å². The number of non-ortho nitro benzene ring substituents is 1. The Morgan fingerprint density at radius 1 is 1.44 bits per heavy atom. The van der Waals surface area contributed by atoms with E-state index in [2.05, 4.69) is 21.3 Å². The average molecular weight is 261 g/mol. The molecule has 0 fully saturated rings. The van der Waals surface area contributed by atoms with Crippen molar-refractivity contribution in [3.05, 3.63) is 46.3 Å². The highest BCUT2D eigenvalue weighted by Crippen LogP contribution is 2.32. The smallest absolute Gasteiger partial charge is 0.258 e. The summed E-state index contributed by atoms with van der Waals surface area (Å²) in [6.45, 7) is 0. The first kappa shape index (κ1) is 12.1. The van der Waals surface area contributed by atoms with E-state index >= 15 is 0 Å². The maximum atomic E-state index is 10.5. The summed E-state index contributed by atoms with van der Waals surface area (Å²) < 4.78 is 0. The number of hydrogen-bond donors (Lipinski definition) is 1. The van der Waals surface area contributed by atoms with Gasteiger partial charge in [-0.25, -0.2) is 4.98 Å². The Morgan fingerprint density at radius 3 is 2.67 bits per heavy atom. The van der Waals surface area contributed by atoms with Crippen molar-refractivity contribution in [2.45, 2.75) is 10.4 Å². The molecular weight excluding hydrogens is 254 g/mol. The number of benzene rings is 1. The van der Waals surface area contributed by atoms with Gasteiger partial charge in [0, 0.05) is 12.1 Å². The molecule has 0 aliphatic rings. The molecule has 18 heavy (non-hydrogen) atoms. The second-order valence-corrected chi connectivity index (χ2v) is 4.36. The standard InChI is InChI=1S/C10H7N5O2S/c11-5-9(18-10-12-6-13-14-10)7-1-3-8(4-2-7)15(16)17/h1-4,6,9H,(H,12,13,14)/t9-/m0/s1. The molecule has 0 unspecified atom stereocenters. The normalized spacial score (nSPS) is 11.7. The lowest BCUT2D eigenvalue weighted by molar-refractivity contribution is -0.384. The number of rotatable bonds is 4. The van der Waals surface area contributed by atoms with Gasteiger partial charge in [-0.3, -0.25) is 15.2 Å². The summed E-state index contributed by atoms with van der Waals surface area (Å²) >= 11 is 1.20. The first-order valence-corrected chi connectivity index (χ1v) is 5.74. The van der Waals surface area contributed by atoms with Crippen LogP contribution in [0.2, 0.25) is 0 Å². The SMILES string of the molecule is N#C[C@H](Sc1ncn[nH]1)c1ccc([N+](=O)[O-])cc1. The zero-order valence-corrected chi connectivity index (χ0v) is 9.79. The van der Waals surface area contributed by atoms with Crippen LogP contribution in [0.3, 0.4) is 0 Å². The van der Waals surface area contributed by atoms with E-state index in [4.69, 9.17) is 5.26 Å². The van der Waals surface area contributed by atoms with Gasteiger partial charge >= 0.3 is 0 Å². The molecule has 0 aliphatic carbocycles. The van der Waals surface area contributed by atoms with Gasteiger partial charge in [0.05, 0.1) is 11.0 Å². The van der Waals surface area contributed by atoms with Crippen molar-refractivity contribution in [3.63, 3.8) is 0 Å². The van der Waals surface area contributed by atoms with Crippen LogP contribution >= 0.6 is 11.8 Å². The van der Waals surface area contributed by atoms with Gasteiger partial charge in [0.15, 0.2) is 5.16 Å². The van der Waals surface area contributed by atoms with E-state index in [1.54, 1.807) is 12.1 Å². The van der Waals surface area contributed by atoms with Gasteiger partial charge in [0.2, 0.25) is 0 Å². The highest BCUT2D eigenvalue weighted by molar-refractivity contribution is 7.99. The molecular formula is C10H7N5O2S. The summed E-state index contributed by atoms with van der Waals surface area (Å²) in [5.41, 5.74) is 0.685. The Kier molecular flexibility index (Phi) is 3.54. The van der Waals surface area contributed by atoms with Gasteiger partial charge in [-0.15, -0.1) is 0 Å². The first-order chi connectivity index (χ1) is 8.70. The number of H-pyrrole nitrogens is 1. The maximum Gasteiger partial charge on any atom is 0.269 e. The lowest BCUT2D eigenvalue weighted by Crippen LogP contribution is -1.93. The zero-order chi connectivity index (χ0) is 13.0. The molecule has 1 aromatic heterocycles. The van der Waals surface area contributed by atoms with E-state index < -0.39 is 10.2 Å². The molecule has 1 N–H and O–H groups in total. The Bertz CT molecular complexity index is 575. The molecule has 2 aromatic rings. The van der Waals surface area contributed by atoms with Crippen molar-refractivity contribution < 1.29 is 4.92 Å². The van der Waals surface area contributed by atoms with Crippen LogP contribution in [0.4, 0.5) is 5.69 Å². The number of nitro benzene ring substituents is 1. The van der Waals surface area contributed by atoms with Crippen molar-refractivity contribution in [3.8, 4) is 6.07 Å². The molecule has 0 amide bonds. The second-order valence-electron chi connectivity index (χ2n) is 3.27. The fraction of sp³-hybridized carbons (Fsp3) is 0.100. The monoisotopic (exact) mass is 261 g/mol. The van der Waals surface area contributed by atoms with Crippen molar-refractivity contribution in [2.24, 2.45) is 0 Å². The van der Waals surface area contributed by atoms with E-state index in [1.807, 2.05) is 0 Å². The van der Waals surface area contributed by atoms with Crippen molar-refractivity contribution in [1.29, 1.82) is 5.26 Å². The lowest BCUT2D eigenvalue weighted by Gasteiger charge is -2.06. The van der Waals surface area contributed by atoms with E-state index in [9.17, 15) is 10.1 Å². The summed E-state index contributed by atoms with van der Waals surface area (Å²) in [5, 5.41) is 26.0. The van der Waals surface area contributed by atoms with Crippen molar-refractivity contribution in [2.75, 3.05) is 0 Å². The van der Waals surface area contributed by atoms with E-state index in [0.29, 0.717) is 10.7 Å². The quantitative estimate of drug-likeness (QED) is 0.512. The van der Waals surface area contributed by atoms with Crippen LogP contribution < -0.4 is 0 Å². The molecule has 7 nitrogen and oxygen atoms in total. The van der Waals surface area contributed by atoms with Gasteiger partial charge in [0.25, 0.3) is 5.69 Å². The predicted octanol–water partition coefficient (Wildman–Crippen LogP) is 2.07. The molecule has 1 aromatic carbocycles. The molecule has 1 atom stereocenters. The molecule has 2 rings (SSSR count). The minimum Gasteiger partial charge on any atom is -0.258 e. The maximum absolute atomic E-state index is 10.5. The number of aromatic nitrogens is 3. The van der Waals surface area contributed by atoms with Crippen LogP contribution in [0.5, 0.6) is 0 Å². The van der Waals surface area contributed by atoms with Gasteiger partial charge in [0.1, 0.15) is 11.6 Å². The van der Waals surface area contributed by atoms with E-state index in [1.165, 1.54) is 30.2 Å². The Labute approximate surface area is 106 Å². The zero-order valence-electron chi connectivity index (χ0n) is 8.98. The van der Waals surface area contributed by atoms with Gasteiger partial charge in [-0.1, -0.05) is 23.9 Å². The third-order valence-electron chi connectivity index (χ3n) is 2.15. The largest absolute Gasteiger partial charge is 0.269 e. The van der Waals surface area contributed by atoms with Crippen LogP contribution in [0, 0.1) is 21.4 Å². The average Bonchev–Trinajstić information content (AvgIpc) is 2.89. The minimum absolute atomic E-state index is 0.0000973. The summed E-state index contributed by atoms with van der Waals surface area (Å²) in [5.74, 6) is 0. The third kappa shape index (κ3) is 2.64.